The Bertz CT molecular complexity index is 723. The lowest BCUT2D eigenvalue weighted by Gasteiger charge is -2.19. The first-order valence-corrected chi connectivity index (χ1v) is 6.31. The minimum atomic E-state index is -0.616. The lowest BCUT2D eigenvalue weighted by atomic mass is 10.2. The summed E-state index contributed by atoms with van der Waals surface area (Å²) in [6.45, 7) is 0.939. The molecule has 2 aromatic rings. The molecule has 2 heterocycles. The van der Waals surface area contributed by atoms with E-state index in [0.29, 0.717) is 30.4 Å². The van der Waals surface area contributed by atoms with Gasteiger partial charge in [0.15, 0.2) is 11.5 Å². The van der Waals surface area contributed by atoms with E-state index in [1.165, 1.54) is 6.33 Å². The number of hydrogen-bond donors (Lipinski definition) is 3. The molecule has 0 aliphatic carbocycles. The predicted octanol–water partition coefficient (Wildman–Crippen LogP) is 1.19. The number of nitrogens with zero attached hydrogens (tertiary/aromatic N) is 3. The van der Waals surface area contributed by atoms with Crippen LogP contribution in [-0.4, -0.2) is 28.1 Å². The molecule has 3 rings (SSSR count). The van der Waals surface area contributed by atoms with Crippen molar-refractivity contribution in [3.8, 4) is 11.5 Å². The molecule has 1 aromatic heterocycles. The van der Waals surface area contributed by atoms with Crippen LogP contribution in [0.3, 0.4) is 0 Å². The van der Waals surface area contributed by atoms with Crippen LogP contribution in [0.1, 0.15) is 0 Å². The summed E-state index contributed by atoms with van der Waals surface area (Å²) in [5, 5.41) is 14.0. The topological polar surface area (TPSA) is 137 Å². The largest absolute Gasteiger partial charge is 0.486 e. The second-order valence-corrected chi connectivity index (χ2v) is 4.30. The van der Waals surface area contributed by atoms with Crippen LogP contribution >= 0.6 is 0 Å². The van der Waals surface area contributed by atoms with Crippen molar-refractivity contribution in [1.29, 1.82) is 0 Å². The lowest BCUT2D eigenvalue weighted by Crippen LogP contribution is -2.15. The van der Waals surface area contributed by atoms with Gasteiger partial charge in [-0.25, -0.2) is 15.8 Å². The fourth-order valence-electron chi connectivity index (χ4n) is 2.01. The van der Waals surface area contributed by atoms with Crippen molar-refractivity contribution in [2.45, 2.75) is 0 Å². The van der Waals surface area contributed by atoms with Gasteiger partial charge in [0.1, 0.15) is 19.5 Å². The van der Waals surface area contributed by atoms with Gasteiger partial charge in [0.25, 0.3) is 0 Å². The van der Waals surface area contributed by atoms with Gasteiger partial charge < -0.3 is 20.2 Å². The Morgan fingerprint density at radius 3 is 2.64 bits per heavy atom. The average Bonchev–Trinajstić information content (AvgIpc) is 2.54. The molecule has 1 aliphatic heterocycles. The van der Waals surface area contributed by atoms with E-state index in [4.69, 9.17) is 15.3 Å². The van der Waals surface area contributed by atoms with Crippen molar-refractivity contribution in [2.75, 3.05) is 24.0 Å². The van der Waals surface area contributed by atoms with Crippen LogP contribution in [0.25, 0.3) is 0 Å². The highest BCUT2D eigenvalue weighted by atomic mass is 16.6. The maximum atomic E-state index is 11.2. The number of fused-ring (bicyclic) bond motifs is 1. The number of aromatic nitrogens is 2. The van der Waals surface area contributed by atoms with E-state index >= 15 is 0 Å². The number of benzene rings is 1. The average molecular weight is 304 g/mol. The number of rotatable bonds is 4. The van der Waals surface area contributed by atoms with E-state index in [-0.39, 0.29) is 17.3 Å². The summed E-state index contributed by atoms with van der Waals surface area (Å²) < 4.78 is 10.9. The summed E-state index contributed by atoms with van der Waals surface area (Å²) >= 11 is 0. The Hall–Kier alpha value is -3.14. The monoisotopic (exact) mass is 304 g/mol. The maximum absolute atomic E-state index is 11.2. The van der Waals surface area contributed by atoms with E-state index in [9.17, 15) is 10.1 Å². The second kappa shape index (κ2) is 5.69. The fraction of sp³-hybridized carbons (Fsp3) is 0.167. The fourth-order valence-corrected chi connectivity index (χ4v) is 2.01. The van der Waals surface area contributed by atoms with Gasteiger partial charge in [0.05, 0.1) is 4.92 Å². The third kappa shape index (κ3) is 2.54. The zero-order chi connectivity index (χ0) is 15.5. The molecule has 1 aromatic carbocycles. The normalized spacial score (nSPS) is 12.6. The van der Waals surface area contributed by atoms with Crippen molar-refractivity contribution >= 4 is 23.0 Å². The minimum absolute atomic E-state index is 0.0182. The van der Waals surface area contributed by atoms with Crippen LogP contribution in [0, 0.1) is 10.1 Å². The summed E-state index contributed by atoms with van der Waals surface area (Å²) in [5.41, 5.74) is 2.39. The molecule has 0 bridgehead atoms. The van der Waals surface area contributed by atoms with Crippen LogP contribution in [0.4, 0.5) is 23.0 Å². The zero-order valence-electron chi connectivity index (χ0n) is 11.3. The Morgan fingerprint density at radius 1 is 1.18 bits per heavy atom. The number of anilines is 3. The third-order valence-corrected chi connectivity index (χ3v) is 2.95. The first kappa shape index (κ1) is 13.8. The Morgan fingerprint density at radius 2 is 1.91 bits per heavy atom. The van der Waals surface area contributed by atoms with Crippen molar-refractivity contribution in [3.63, 3.8) is 0 Å². The molecule has 10 nitrogen and oxygen atoms in total. The van der Waals surface area contributed by atoms with Crippen LogP contribution < -0.4 is 26.1 Å². The molecular formula is C12H12N6O4. The van der Waals surface area contributed by atoms with Gasteiger partial charge in [-0.3, -0.25) is 10.1 Å². The number of ether oxygens (including phenoxy) is 2. The first-order chi connectivity index (χ1) is 10.7. The Labute approximate surface area is 124 Å². The molecule has 10 heteroatoms. The van der Waals surface area contributed by atoms with Crippen molar-refractivity contribution in [2.24, 2.45) is 5.84 Å². The van der Waals surface area contributed by atoms with Crippen molar-refractivity contribution in [1.82, 2.24) is 9.97 Å². The van der Waals surface area contributed by atoms with Gasteiger partial charge >= 0.3 is 5.69 Å². The standard InChI is InChI=1S/C12H12N6O4/c13-17-12-10(18(19)20)11(14-6-15-12)16-7-1-2-8-9(5-7)22-4-3-21-8/h1-2,5-6H,3-4,13H2,(H2,14,15,16,17). The molecule has 22 heavy (non-hydrogen) atoms. The highest BCUT2D eigenvalue weighted by Crippen LogP contribution is 2.35. The molecule has 0 spiro atoms. The number of nitrogens with two attached hydrogens (primary N) is 1. The Balaban J connectivity index is 1.95. The van der Waals surface area contributed by atoms with E-state index in [1.54, 1.807) is 18.2 Å². The summed E-state index contributed by atoms with van der Waals surface area (Å²) in [5.74, 6) is 6.35. The molecule has 4 N–H and O–H groups in total. The van der Waals surface area contributed by atoms with Gasteiger partial charge in [0.2, 0.25) is 11.6 Å². The van der Waals surface area contributed by atoms with Gasteiger partial charge in [-0.05, 0) is 12.1 Å². The minimum Gasteiger partial charge on any atom is -0.486 e. The molecule has 0 radical (unpaired) electrons. The van der Waals surface area contributed by atoms with E-state index in [1.807, 2.05) is 0 Å². The number of hydrogen-bond acceptors (Lipinski definition) is 9. The second-order valence-electron chi connectivity index (χ2n) is 4.30. The number of nitro groups is 1. The number of nitrogen functional groups attached to an aromatic ring is 1. The Kier molecular flexibility index (Phi) is 3.58. The van der Waals surface area contributed by atoms with Crippen molar-refractivity contribution in [3.05, 3.63) is 34.6 Å². The van der Waals surface area contributed by atoms with Crippen LogP contribution in [0.15, 0.2) is 24.5 Å². The molecule has 0 unspecified atom stereocenters. The zero-order valence-corrected chi connectivity index (χ0v) is 11.3. The molecule has 0 amide bonds. The molecule has 0 fully saturated rings. The van der Waals surface area contributed by atoms with E-state index < -0.39 is 4.92 Å². The lowest BCUT2D eigenvalue weighted by molar-refractivity contribution is -0.383. The first-order valence-electron chi connectivity index (χ1n) is 6.31. The highest BCUT2D eigenvalue weighted by molar-refractivity contribution is 5.74. The van der Waals surface area contributed by atoms with Gasteiger partial charge in [0, 0.05) is 11.8 Å². The maximum Gasteiger partial charge on any atom is 0.354 e. The summed E-state index contributed by atoms with van der Waals surface area (Å²) in [7, 11) is 0. The molecule has 114 valence electrons. The number of hydrazine groups is 1. The van der Waals surface area contributed by atoms with Gasteiger partial charge in [-0.1, -0.05) is 0 Å². The smallest absolute Gasteiger partial charge is 0.354 e. The van der Waals surface area contributed by atoms with Crippen LogP contribution in [0.2, 0.25) is 0 Å². The van der Waals surface area contributed by atoms with Gasteiger partial charge in [-0.2, -0.15) is 0 Å². The summed E-state index contributed by atoms with van der Waals surface area (Å²) in [6, 6.07) is 5.09. The molecule has 1 aliphatic rings. The van der Waals surface area contributed by atoms with Crippen molar-refractivity contribution < 1.29 is 14.4 Å². The molecule has 0 saturated heterocycles. The quantitative estimate of drug-likeness (QED) is 0.432. The van der Waals surface area contributed by atoms with Crippen LogP contribution in [0.5, 0.6) is 11.5 Å². The summed E-state index contributed by atoms with van der Waals surface area (Å²) in [6.07, 6.45) is 1.17. The molecular weight excluding hydrogens is 292 g/mol. The SMILES string of the molecule is NNc1ncnc(Nc2ccc3c(c2)OCCO3)c1[N+](=O)[O-]. The number of nitrogens with one attached hydrogen (secondary N) is 2. The molecule has 0 saturated carbocycles. The summed E-state index contributed by atoms with van der Waals surface area (Å²) in [4.78, 5) is 18.2. The van der Waals surface area contributed by atoms with E-state index in [2.05, 4.69) is 20.7 Å². The highest BCUT2D eigenvalue weighted by Gasteiger charge is 2.23. The van der Waals surface area contributed by atoms with Gasteiger partial charge in [-0.15, -0.1) is 0 Å². The predicted molar refractivity (Wildman–Crippen MR) is 77.2 cm³/mol. The third-order valence-electron chi connectivity index (χ3n) is 2.95. The van der Waals surface area contributed by atoms with Crippen LogP contribution in [-0.2, 0) is 0 Å². The molecule has 0 atom stereocenters. The van der Waals surface area contributed by atoms with E-state index in [0.717, 1.165) is 0 Å².